The molecule has 186 valence electrons. The highest BCUT2D eigenvalue weighted by Crippen LogP contribution is 2.41. The summed E-state index contributed by atoms with van der Waals surface area (Å²) in [5.74, 6) is -0.569. The molecule has 1 aliphatic rings. The molecule has 0 aliphatic carbocycles. The summed E-state index contributed by atoms with van der Waals surface area (Å²) in [6, 6.07) is 5.61. The number of unbranched alkanes of at least 4 members (excludes halogenated alkanes) is 4. The molecule has 34 heavy (non-hydrogen) atoms. The predicted molar refractivity (Wildman–Crippen MR) is 130 cm³/mol. The lowest BCUT2D eigenvalue weighted by Crippen LogP contribution is -2.47. The minimum Gasteiger partial charge on any atom is -0.279 e. The van der Waals surface area contributed by atoms with Crippen LogP contribution in [0.15, 0.2) is 34.9 Å². The van der Waals surface area contributed by atoms with Gasteiger partial charge in [-0.25, -0.2) is 0 Å². The number of hydrogen-bond acceptors (Lipinski definition) is 3. The van der Waals surface area contributed by atoms with E-state index in [4.69, 9.17) is 0 Å². The first-order chi connectivity index (χ1) is 16.2. The van der Waals surface area contributed by atoms with Gasteiger partial charge >= 0.3 is 6.18 Å². The Bertz CT molecular complexity index is 1060. The molecule has 0 saturated heterocycles. The summed E-state index contributed by atoms with van der Waals surface area (Å²) >= 11 is 3.30. The summed E-state index contributed by atoms with van der Waals surface area (Å²) in [5.41, 5.74) is 2.25. The van der Waals surface area contributed by atoms with Crippen LogP contribution in [0.2, 0.25) is 0 Å². The largest absolute Gasteiger partial charge is 0.401 e. The van der Waals surface area contributed by atoms with Crippen LogP contribution in [0.4, 0.5) is 17.6 Å². The van der Waals surface area contributed by atoms with Gasteiger partial charge in [0.25, 0.3) is 0 Å². The number of halogens is 5. The molecular formula is C25H31BrF4N4. The lowest BCUT2D eigenvalue weighted by molar-refractivity contribution is -0.155. The van der Waals surface area contributed by atoms with Crippen LogP contribution in [-0.2, 0) is 6.42 Å². The molecule has 1 aromatic carbocycles. The molecule has 0 amide bonds. The highest BCUT2D eigenvalue weighted by molar-refractivity contribution is 9.10. The molecule has 4 rings (SSSR count). The van der Waals surface area contributed by atoms with Crippen LogP contribution < -0.4 is 0 Å². The third kappa shape index (κ3) is 6.36. The third-order valence-corrected chi connectivity index (χ3v) is 6.58. The van der Waals surface area contributed by atoms with Crippen molar-refractivity contribution in [3.05, 3.63) is 57.7 Å². The molecule has 0 unspecified atom stereocenters. The summed E-state index contributed by atoms with van der Waals surface area (Å²) in [4.78, 5) is 5.71. The smallest absolute Gasteiger partial charge is 0.279 e. The fraction of sp³-hybridized carbons (Fsp3) is 0.520. The van der Waals surface area contributed by atoms with E-state index in [0.717, 1.165) is 4.47 Å². The molecule has 0 fully saturated rings. The van der Waals surface area contributed by atoms with Gasteiger partial charge in [0, 0.05) is 16.7 Å². The molecule has 0 saturated carbocycles. The maximum absolute atomic E-state index is 14.3. The van der Waals surface area contributed by atoms with Crippen molar-refractivity contribution in [2.75, 3.05) is 6.54 Å². The Kier molecular flexibility index (Phi) is 9.09. The van der Waals surface area contributed by atoms with Gasteiger partial charge in [0.15, 0.2) is 0 Å². The van der Waals surface area contributed by atoms with Crippen molar-refractivity contribution in [1.29, 1.82) is 0 Å². The second kappa shape index (κ2) is 11.6. The zero-order valence-electron chi connectivity index (χ0n) is 19.7. The molecule has 2 aromatic heterocycles. The van der Waals surface area contributed by atoms with Gasteiger partial charge in [0.2, 0.25) is 5.95 Å². The average Bonchev–Trinajstić information content (AvgIpc) is 3.16. The minimum absolute atomic E-state index is 0.298. The second-order valence-electron chi connectivity index (χ2n) is 8.77. The van der Waals surface area contributed by atoms with Gasteiger partial charge < -0.3 is 0 Å². The highest BCUT2D eigenvalue weighted by Gasteiger charge is 2.41. The van der Waals surface area contributed by atoms with E-state index in [0.29, 0.717) is 34.1 Å². The molecule has 0 spiro atoms. The second-order valence-corrected chi connectivity index (χ2v) is 9.69. The van der Waals surface area contributed by atoms with Crippen molar-refractivity contribution >= 4 is 26.8 Å². The average molecular weight is 543 g/mol. The van der Waals surface area contributed by atoms with Crippen LogP contribution in [-0.4, -0.2) is 38.8 Å². The number of aromatic amines is 1. The number of alkyl halides is 3. The van der Waals surface area contributed by atoms with Crippen molar-refractivity contribution in [2.45, 2.75) is 77.6 Å². The van der Waals surface area contributed by atoms with Crippen LogP contribution in [0.1, 0.15) is 75.7 Å². The first-order valence-corrected chi connectivity index (χ1v) is 12.5. The lowest BCUT2D eigenvalue weighted by Gasteiger charge is -2.42. The minimum atomic E-state index is -4.36. The van der Waals surface area contributed by atoms with E-state index in [1.54, 1.807) is 37.4 Å². The summed E-state index contributed by atoms with van der Waals surface area (Å²) < 4.78 is 54.8. The van der Waals surface area contributed by atoms with Gasteiger partial charge in [-0.15, -0.1) is 0 Å². The lowest BCUT2D eigenvalue weighted by atomic mass is 9.85. The monoisotopic (exact) mass is 542 g/mol. The Hall–Kier alpha value is -2.00. The molecule has 1 N–H and O–H groups in total. The molecule has 9 heteroatoms. The third-order valence-electron chi connectivity index (χ3n) is 6.11. The molecule has 2 atom stereocenters. The van der Waals surface area contributed by atoms with Crippen LogP contribution in [0.5, 0.6) is 0 Å². The number of nitrogens with one attached hydrogen (secondary N) is 1. The maximum Gasteiger partial charge on any atom is 0.401 e. The van der Waals surface area contributed by atoms with Gasteiger partial charge in [-0.2, -0.15) is 22.7 Å². The first kappa shape index (κ1) is 26.6. The SMILES string of the molecule is CCCCCCC.C[C@@H]1Cc2c(ccc3n[nH]c(F)c23)[C@@H](c2ccc(Br)cn2)N1CC(F)(F)F. The van der Waals surface area contributed by atoms with E-state index in [1.165, 1.54) is 37.0 Å². The Balaban J connectivity index is 0.000000406. The van der Waals surface area contributed by atoms with Crippen LogP contribution in [0.25, 0.3) is 10.9 Å². The number of fused-ring (bicyclic) bond motifs is 3. The molecule has 4 nitrogen and oxygen atoms in total. The Labute approximate surface area is 206 Å². The van der Waals surface area contributed by atoms with Crippen molar-refractivity contribution in [3.8, 4) is 0 Å². The maximum atomic E-state index is 14.3. The molecule has 0 radical (unpaired) electrons. The molecule has 3 aromatic rings. The number of nitrogens with zero attached hydrogens (tertiary/aromatic N) is 3. The van der Waals surface area contributed by atoms with E-state index in [9.17, 15) is 17.6 Å². The fourth-order valence-corrected chi connectivity index (χ4v) is 4.72. The summed E-state index contributed by atoms with van der Waals surface area (Å²) in [7, 11) is 0. The number of aromatic nitrogens is 3. The van der Waals surface area contributed by atoms with E-state index in [2.05, 4.69) is 45.0 Å². The normalized spacial score (nSPS) is 18.5. The number of pyridine rings is 1. The van der Waals surface area contributed by atoms with Crippen LogP contribution in [0.3, 0.4) is 0 Å². The summed E-state index contributed by atoms with van der Waals surface area (Å²) in [6.45, 7) is 5.14. The van der Waals surface area contributed by atoms with Crippen LogP contribution >= 0.6 is 15.9 Å². The van der Waals surface area contributed by atoms with Gasteiger partial charge in [-0.1, -0.05) is 52.0 Å². The zero-order valence-corrected chi connectivity index (χ0v) is 21.3. The Morgan fingerprint density at radius 1 is 1.09 bits per heavy atom. The number of hydrogen-bond donors (Lipinski definition) is 1. The number of rotatable bonds is 6. The molecule has 3 heterocycles. The quantitative estimate of drug-likeness (QED) is 0.256. The standard InChI is InChI=1S/C18H15BrF4N4.C7H16/c1-9-6-12-11(3-5-13-15(12)17(20)26-25-13)16(27(9)8-18(21,22)23)14-4-2-10(19)7-24-14;1-3-5-7-6-4-2/h2-5,7,9,16H,6,8H2,1H3,(H,25,26);3-7H2,1-2H3/t9-,16+;/m1./s1. The Morgan fingerprint density at radius 2 is 1.79 bits per heavy atom. The van der Waals surface area contributed by atoms with Gasteiger partial charge in [0.1, 0.15) is 0 Å². The van der Waals surface area contributed by atoms with E-state index in [1.807, 2.05) is 0 Å². The highest BCUT2D eigenvalue weighted by atomic mass is 79.9. The molecule has 0 bridgehead atoms. The van der Waals surface area contributed by atoms with Gasteiger partial charge in [-0.3, -0.25) is 15.0 Å². The first-order valence-electron chi connectivity index (χ1n) is 11.8. The number of benzene rings is 1. The van der Waals surface area contributed by atoms with E-state index in [-0.39, 0.29) is 0 Å². The van der Waals surface area contributed by atoms with Crippen molar-refractivity contribution in [3.63, 3.8) is 0 Å². The van der Waals surface area contributed by atoms with Gasteiger partial charge in [0.05, 0.1) is 29.2 Å². The van der Waals surface area contributed by atoms with Crippen molar-refractivity contribution in [2.24, 2.45) is 0 Å². The van der Waals surface area contributed by atoms with Crippen molar-refractivity contribution < 1.29 is 17.6 Å². The van der Waals surface area contributed by atoms with Gasteiger partial charge in [-0.05, 0) is 58.6 Å². The zero-order chi connectivity index (χ0) is 24.9. The van der Waals surface area contributed by atoms with Crippen molar-refractivity contribution in [1.82, 2.24) is 20.1 Å². The summed E-state index contributed by atoms with van der Waals surface area (Å²) in [5, 5.41) is 6.59. The van der Waals surface area contributed by atoms with E-state index >= 15 is 0 Å². The topological polar surface area (TPSA) is 44.8 Å². The summed E-state index contributed by atoms with van der Waals surface area (Å²) in [6.07, 6.45) is 4.50. The number of H-pyrrole nitrogens is 1. The Morgan fingerprint density at radius 3 is 2.38 bits per heavy atom. The molecule has 1 aliphatic heterocycles. The van der Waals surface area contributed by atoms with E-state index < -0.39 is 30.8 Å². The predicted octanol–water partition coefficient (Wildman–Crippen LogP) is 7.73. The van der Waals surface area contributed by atoms with Crippen LogP contribution in [0, 0.1) is 5.95 Å². The molecular weight excluding hydrogens is 512 g/mol. The fourth-order valence-electron chi connectivity index (χ4n) is 4.49.